The van der Waals surface area contributed by atoms with Gasteiger partial charge in [0.25, 0.3) is 5.91 Å². The maximum atomic E-state index is 12.8. The Morgan fingerprint density at radius 3 is 2.74 bits per heavy atom. The van der Waals surface area contributed by atoms with E-state index in [-0.39, 0.29) is 18.2 Å². The number of rotatable bonds is 6. The third kappa shape index (κ3) is 5.20. The van der Waals surface area contributed by atoms with E-state index in [4.69, 9.17) is 27.9 Å². The second kappa shape index (κ2) is 9.55. The Kier molecular flexibility index (Phi) is 6.80. The smallest absolute Gasteiger partial charge is 0.269 e. The van der Waals surface area contributed by atoms with Gasteiger partial charge in [-0.1, -0.05) is 23.2 Å². The zero-order valence-electron chi connectivity index (χ0n) is 17.8. The molecule has 1 amide bonds. The van der Waals surface area contributed by atoms with Crippen molar-refractivity contribution in [1.29, 1.82) is 0 Å². The number of amides is 1. The molecule has 166 valence electrons. The number of benzene rings is 1. The first-order chi connectivity index (χ1) is 14.9. The van der Waals surface area contributed by atoms with Gasteiger partial charge in [0.15, 0.2) is 0 Å². The summed E-state index contributed by atoms with van der Waals surface area (Å²) in [6, 6.07) is 5.37. The van der Waals surface area contributed by atoms with Crippen molar-refractivity contribution >= 4 is 29.1 Å². The summed E-state index contributed by atoms with van der Waals surface area (Å²) in [5, 5.41) is 7.48. The minimum Gasteiger partial charge on any atom is -0.490 e. The highest BCUT2D eigenvalue weighted by Crippen LogP contribution is 2.28. The monoisotopic (exact) mass is 462 g/mol. The van der Waals surface area contributed by atoms with Crippen LogP contribution in [0.1, 0.15) is 26.7 Å². The summed E-state index contributed by atoms with van der Waals surface area (Å²) in [6.45, 7) is 7.32. The summed E-state index contributed by atoms with van der Waals surface area (Å²) < 4.78 is 6.05. The first-order valence-electron chi connectivity index (χ1n) is 10.7. The molecule has 2 N–H and O–H groups in total. The average Bonchev–Trinajstić information content (AvgIpc) is 3.06. The van der Waals surface area contributed by atoms with E-state index in [2.05, 4.69) is 28.5 Å². The van der Waals surface area contributed by atoms with Crippen LogP contribution in [0.4, 0.5) is 0 Å². The largest absolute Gasteiger partial charge is 0.490 e. The first-order valence-corrected chi connectivity index (χ1v) is 11.4. The Labute approximate surface area is 193 Å². The number of nitrogens with zero attached hydrogens (tertiary/aromatic N) is 2. The van der Waals surface area contributed by atoms with Crippen molar-refractivity contribution in [3.8, 4) is 5.75 Å². The molecule has 1 unspecified atom stereocenters. The lowest BCUT2D eigenvalue weighted by atomic mass is 10.1. The fourth-order valence-electron chi connectivity index (χ4n) is 4.18. The molecular formula is C23H28Cl2N4O2. The number of carbonyl (C=O) groups excluding carboxylic acids is 1. The van der Waals surface area contributed by atoms with E-state index in [0.29, 0.717) is 22.3 Å². The summed E-state index contributed by atoms with van der Waals surface area (Å²) in [5.41, 5.74) is 2.78. The van der Waals surface area contributed by atoms with Crippen LogP contribution in [-0.4, -0.2) is 54.2 Å². The second-order valence-corrected chi connectivity index (χ2v) is 9.00. The van der Waals surface area contributed by atoms with E-state index < -0.39 is 0 Å². The Morgan fingerprint density at radius 2 is 2.00 bits per heavy atom. The molecule has 3 aliphatic rings. The maximum Gasteiger partial charge on any atom is 0.269 e. The van der Waals surface area contributed by atoms with E-state index in [1.54, 1.807) is 12.1 Å². The van der Waals surface area contributed by atoms with Crippen LogP contribution in [0.15, 0.2) is 53.5 Å². The predicted molar refractivity (Wildman–Crippen MR) is 124 cm³/mol. The van der Waals surface area contributed by atoms with Gasteiger partial charge in [-0.2, -0.15) is 0 Å². The SMILES string of the molecule is CC1=CC2NC(C)=C(C(=O)NCCN3CCC(Oc4ccc(Cl)c(Cl)c4)CC3)N2C=C1. The predicted octanol–water partition coefficient (Wildman–Crippen LogP) is 3.89. The molecule has 0 radical (unpaired) electrons. The van der Waals surface area contributed by atoms with Crippen molar-refractivity contribution in [2.75, 3.05) is 26.2 Å². The van der Waals surface area contributed by atoms with E-state index in [1.165, 1.54) is 5.57 Å². The summed E-state index contributed by atoms with van der Waals surface area (Å²) in [6.07, 6.45) is 8.18. The standard InChI is InChI=1S/C23H28Cl2N4O2/c1-15-5-11-29-21(13-15)27-16(2)22(29)23(30)26-8-12-28-9-6-17(7-10-28)31-18-3-4-19(24)20(25)14-18/h3-5,11,13-14,17,21,27H,6-10,12H2,1-2H3,(H,26,30). The fraction of sp³-hybridized carbons (Fsp3) is 0.435. The van der Waals surface area contributed by atoms with Crippen molar-refractivity contribution in [3.05, 3.63) is 63.6 Å². The minimum absolute atomic E-state index is 0.0281. The van der Waals surface area contributed by atoms with Gasteiger partial charge < -0.3 is 25.2 Å². The molecule has 0 bridgehead atoms. The lowest BCUT2D eigenvalue weighted by molar-refractivity contribution is -0.118. The third-order valence-corrected chi connectivity index (χ3v) is 6.59. The molecule has 0 saturated carbocycles. The van der Waals surface area contributed by atoms with Gasteiger partial charge in [-0.05, 0) is 56.5 Å². The topological polar surface area (TPSA) is 56.8 Å². The number of ether oxygens (including phenoxy) is 1. The molecule has 1 fully saturated rings. The number of nitrogens with one attached hydrogen (secondary N) is 2. The van der Waals surface area contributed by atoms with Crippen LogP contribution in [0.3, 0.4) is 0 Å². The number of allylic oxidation sites excluding steroid dienone is 3. The molecule has 0 spiro atoms. The highest BCUT2D eigenvalue weighted by molar-refractivity contribution is 6.42. The molecule has 1 aromatic rings. The van der Waals surface area contributed by atoms with Gasteiger partial charge in [-0.25, -0.2) is 0 Å². The Balaban J connectivity index is 1.20. The molecule has 3 aliphatic heterocycles. The van der Waals surface area contributed by atoms with Gasteiger partial charge in [0.1, 0.15) is 23.7 Å². The molecule has 1 aromatic carbocycles. The van der Waals surface area contributed by atoms with Crippen molar-refractivity contribution in [2.45, 2.75) is 39.0 Å². The molecule has 6 nitrogen and oxygen atoms in total. The van der Waals surface area contributed by atoms with E-state index in [9.17, 15) is 4.79 Å². The zero-order chi connectivity index (χ0) is 22.0. The zero-order valence-corrected chi connectivity index (χ0v) is 19.3. The molecule has 31 heavy (non-hydrogen) atoms. The normalized spacial score (nSPS) is 21.6. The summed E-state index contributed by atoms with van der Waals surface area (Å²) in [5.74, 6) is 0.715. The van der Waals surface area contributed by atoms with Crippen LogP contribution in [-0.2, 0) is 4.79 Å². The molecule has 0 aromatic heterocycles. The lowest BCUT2D eigenvalue weighted by Gasteiger charge is -2.32. The Bertz CT molecular complexity index is 936. The lowest BCUT2D eigenvalue weighted by Crippen LogP contribution is -2.43. The van der Waals surface area contributed by atoms with Crippen LogP contribution >= 0.6 is 23.2 Å². The second-order valence-electron chi connectivity index (χ2n) is 8.19. The Hall–Kier alpha value is -2.15. The van der Waals surface area contributed by atoms with Crippen molar-refractivity contribution in [1.82, 2.24) is 20.4 Å². The minimum atomic E-state index is -0.0389. The van der Waals surface area contributed by atoms with Crippen LogP contribution in [0.25, 0.3) is 0 Å². The molecule has 4 rings (SSSR count). The Morgan fingerprint density at radius 1 is 1.23 bits per heavy atom. The number of piperidine rings is 1. The molecule has 3 heterocycles. The summed E-state index contributed by atoms with van der Waals surface area (Å²) >= 11 is 12.0. The van der Waals surface area contributed by atoms with Crippen molar-refractivity contribution in [3.63, 3.8) is 0 Å². The molecule has 1 atom stereocenters. The van der Waals surface area contributed by atoms with E-state index in [0.717, 1.165) is 43.9 Å². The molecular weight excluding hydrogens is 435 g/mol. The van der Waals surface area contributed by atoms with Gasteiger partial charge in [0, 0.05) is 44.1 Å². The number of hydrogen-bond donors (Lipinski definition) is 2. The first kappa shape index (κ1) is 22.1. The van der Waals surface area contributed by atoms with Gasteiger partial charge >= 0.3 is 0 Å². The summed E-state index contributed by atoms with van der Waals surface area (Å²) in [4.78, 5) is 17.1. The fourth-order valence-corrected chi connectivity index (χ4v) is 4.46. The number of halogens is 2. The van der Waals surface area contributed by atoms with E-state index in [1.807, 2.05) is 30.2 Å². The molecule has 1 saturated heterocycles. The van der Waals surface area contributed by atoms with Gasteiger partial charge in [0.05, 0.1) is 10.0 Å². The highest BCUT2D eigenvalue weighted by atomic mass is 35.5. The van der Waals surface area contributed by atoms with Crippen LogP contribution in [0.5, 0.6) is 5.75 Å². The van der Waals surface area contributed by atoms with Crippen molar-refractivity contribution < 1.29 is 9.53 Å². The van der Waals surface area contributed by atoms with Crippen LogP contribution in [0.2, 0.25) is 10.0 Å². The number of carbonyl (C=O) groups is 1. The van der Waals surface area contributed by atoms with Gasteiger partial charge in [-0.15, -0.1) is 0 Å². The quantitative estimate of drug-likeness (QED) is 0.671. The molecule has 8 heteroatoms. The van der Waals surface area contributed by atoms with E-state index >= 15 is 0 Å². The van der Waals surface area contributed by atoms with Crippen molar-refractivity contribution in [2.24, 2.45) is 0 Å². The van der Waals surface area contributed by atoms with Crippen LogP contribution < -0.4 is 15.4 Å². The maximum absolute atomic E-state index is 12.8. The number of hydrogen-bond acceptors (Lipinski definition) is 5. The number of likely N-dealkylation sites (tertiary alicyclic amines) is 1. The number of fused-ring (bicyclic) bond motifs is 1. The van der Waals surface area contributed by atoms with Gasteiger partial charge in [-0.3, -0.25) is 4.79 Å². The average molecular weight is 463 g/mol. The third-order valence-electron chi connectivity index (χ3n) is 5.85. The van der Waals surface area contributed by atoms with Crippen LogP contribution in [0, 0.1) is 0 Å². The molecule has 0 aliphatic carbocycles. The van der Waals surface area contributed by atoms with Gasteiger partial charge in [0.2, 0.25) is 0 Å². The highest BCUT2D eigenvalue weighted by Gasteiger charge is 2.32. The summed E-state index contributed by atoms with van der Waals surface area (Å²) in [7, 11) is 0.